The fourth-order valence-corrected chi connectivity index (χ4v) is 5.80. The number of alkyl halides is 3. The molecule has 0 radical (unpaired) electrons. The van der Waals surface area contributed by atoms with Crippen molar-refractivity contribution in [1.82, 2.24) is 14.7 Å². The molecular weight excluding hydrogens is 547 g/mol. The van der Waals surface area contributed by atoms with E-state index in [1.807, 2.05) is 23.1 Å². The van der Waals surface area contributed by atoms with Crippen molar-refractivity contribution in [3.8, 4) is 17.2 Å². The second kappa shape index (κ2) is 12.6. The molecule has 3 aromatic rings. The standard InChI is InChI=1S/C32H36F3N3O4/c1-41-29-20-25(8-13-28(29)39)22-37-15-5-14-31(23-37,42-27-11-9-26(10-12-27)32(33,34)35)30(40)38-18-16-36(17-19-38)21-24-6-3-2-4-7-24/h2-4,6-13,20,39H,5,14-19,21-23H2,1H3. The Morgan fingerprint density at radius 2 is 1.57 bits per heavy atom. The summed E-state index contributed by atoms with van der Waals surface area (Å²) in [4.78, 5) is 20.5. The lowest BCUT2D eigenvalue weighted by Crippen LogP contribution is -2.63. The third-order valence-corrected chi connectivity index (χ3v) is 7.98. The zero-order valence-electron chi connectivity index (χ0n) is 23.6. The van der Waals surface area contributed by atoms with Crippen molar-refractivity contribution < 1.29 is 32.5 Å². The monoisotopic (exact) mass is 583 g/mol. The van der Waals surface area contributed by atoms with Crippen molar-refractivity contribution in [3.05, 3.63) is 89.5 Å². The van der Waals surface area contributed by atoms with Crippen LogP contribution in [-0.4, -0.2) is 77.7 Å². The molecule has 1 unspecified atom stereocenters. The van der Waals surface area contributed by atoms with Gasteiger partial charge < -0.3 is 19.5 Å². The van der Waals surface area contributed by atoms with Gasteiger partial charge in [-0.3, -0.25) is 14.6 Å². The smallest absolute Gasteiger partial charge is 0.416 e. The van der Waals surface area contributed by atoms with Gasteiger partial charge in [0.15, 0.2) is 17.1 Å². The minimum Gasteiger partial charge on any atom is -0.504 e. The summed E-state index contributed by atoms with van der Waals surface area (Å²) in [6, 6.07) is 19.9. The van der Waals surface area contributed by atoms with Crippen LogP contribution in [0.25, 0.3) is 0 Å². The fourth-order valence-electron chi connectivity index (χ4n) is 5.80. The van der Waals surface area contributed by atoms with Crippen molar-refractivity contribution in [2.24, 2.45) is 0 Å². The maximum Gasteiger partial charge on any atom is 0.416 e. The normalized spacial score (nSPS) is 20.3. The molecule has 1 atom stereocenters. The van der Waals surface area contributed by atoms with E-state index < -0.39 is 17.3 Å². The third-order valence-electron chi connectivity index (χ3n) is 7.98. The molecule has 2 saturated heterocycles. The van der Waals surface area contributed by atoms with Crippen LogP contribution in [0.15, 0.2) is 72.8 Å². The van der Waals surface area contributed by atoms with Crippen molar-refractivity contribution in [1.29, 1.82) is 0 Å². The molecule has 3 aromatic carbocycles. The summed E-state index contributed by atoms with van der Waals surface area (Å²) in [6.07, 6.45) is -3.33. The van der Waals surface area contributed by atoms with Gasteiger partial charge in [-0.1, -0.05) is 36.4 Å². The average molecular weight is 584 g/mol. The van der Waals surface area contributed by atoms with Gasteiger partial charge >= 0.3 is 6.18 Å². The van der Waals surface area contributed by atoms with Crippen LogP contribution in [0.5, 0.6) is 17.2 Å². The Morgan fingerprint density at radius 3 is 2.24 bits per heavy atom. The number of amides is 1. The summed E-state index contributed by atoms with van der Waals surface area (Å²) >= 11 is 0. The number of nitrogens with zero attached hydrogens (tertiary/aromatic N) is 3. The minimum absolute atomic E-state index is 0.0430. The van der Waals surface area contributed by atoms with Crippen molar-refractivity contribution >= 4 is 5.91 Å². The Labute approximate surface area is 244 Å². The number of carbonyl (C=O) groups is 1. The van der Waals surface area contributed by atoms with Gasteiger partial charge in [-0.25, -0.2) is 0 Å². The fraction of sp³-hybridized carbons (Fsp3) is 0.406. The number of piperazine rings is 1. The molecule has 224 valence electrons. The molecule has 2 aliphatic heterocycles. The SMILES string of the molecule is COc1cc(CN2CCCC(Oc3ccc(C(F)(F)F)cc3)(C(=O)N3CCN(Cc4ccccc4)CC3)C2)ccc1O. The van der Waals surface area contributed by atoms with Gasteiger partial charge in [0.05, 0.1) is 12.7 Å². The van der Waals surface area contributed by atoms with Crippen LogP contribution in [0.1, 0.15) is 29.5 Å². The third kappa shape index (κ3) is 6.99. The summed E-state index contributed by atoms with van der Waals surface area (Å²) in [6.45, 7) is 4.81. The largest absolute Gasteiger partial charge is 0.504 e. The van der Waals surface area contributed by atoms with E-state index in [2.05, 4.69) is 21.9 Å². The van der Waals surface area contributed by atoms with Crippen LogP contribution < -0.4 is 9.47 Å². The zero-order chi connectivity index (χ0) is 29.7. The highest BCUT2D eigenvalue weighted by atomic mass is 19.4. The number of likely N-dealkylation sites (tertiary alicyclic amines) is 1. The Kier molecular flexibility index (Phi) is 8.93. The van der Waals surface area contributed by atoms with Crippen LogP contribution in [0.4, 0.5) is 13.2 Å². The van der Waals surface area contributed by atoms with Crippen molar-refractivity contribution in [3.63, 3.8) is 0 Å². The lowest BCUT2D eigenvalue weighted by atomic mass is 9.90. The average Bonchev–Trinajstić information content (AvgIpc) is 2.99. The first-order valence-corrected chi connectivity index (χ1v) is 14.2. The summed E-state index contributed by atoms with van der Waals surface area (Å²) in [5.74, 6) is 0.490. The highest BCUT2D eigenvalue weighted by molar-refractivity contribution is 5.86. The molecule has 10 heteroatoms. The van der Waals surface area contributed by atoms with Crippen LogP contribution in [-0.2, 0) is 24.1 Å². The Hall–Kier alpha value is -3.76. The molecule has 2 fully saturated rings. The topological polar surface area (TPSA) is 65.5 Å². The van der Waals surface area contributed by atoms with Gasteiger partial charge in [0.1, 0.15) is 5.75 Å². The molecule has 0 aliphatic carbocycles. The van der Waals surface area contributed by atoms with Crippen LogP contribution >= 0.6 is 0 Å². The highest BCUT2D eigenvalue weighted by Crippen LogP contribution is 2.35. The first-order chi connectivity index (χ1) is 20.1. The Morgan fingerprint density at radius 1 is 0.881 bits per heavy atom. The number of hydrogen-bond donors (Lipinski definition) is 1. The molecular formula is C32H36F3N3O4. The van der Waals surface area contributed by atoms with E-state index in [-0.39, 0.29) is 24.0 Å². The van der Waals surface area contributed by atoms with Crippen molar-refractivity contribution in [2.75, 3.05) is 46.4 Å². The number of ether oxygens (including phenoxy) is 2. The second-order valence-electron chi connectivity index (χ2n) is 11.0. The van der Waals surface area contributed by atoms with Gasteiger partial charge in [-0.2, -0.15) is 13.2 Å². The van der Waals surface area contributed by atoms with Crippen LogP contribution in [0.3, 0.4) is 0 Å². The first-order valence-electron chi connectivity index (χ1n) is 14.2. The predicted octanol–water partition coefficient (Wildman–Crippen LogP) is 5.18. The van der Waals surface area contributed by atoms with E-state index in [0.717, 1.165) is 30.8 Å². The second-order valence-corrected chi connectivity index (χ2v) is 11.0. The van der Waals surface area contributed by atoms with Gasteiger partial charge in [0.25, 0.3) is 5.91 Å². The molecule has 2 aliphatic rings. The van der Waals surface area contributed by atoms with E-state index in [1.54, 1.807) is 18.2 Å². The molecule has 42 heavy (non-hydrogen) atoms. The van der Waals surface area contributed by atoms with Gasteiger partial charge in [-0.15, -0.1) is 0 Å². The maximum atomic E-state index is 14.2. The summed E-state index contributed by atoms with van der Waals surface area (Å²) < 4.78 is 51.2. The number of hydrogen-bond acceptors (Lipinski definition) is 6. The molecule has 1 amide bonds. The Balaban J connectivity index is 1.34. The lowest BCUT2D eigenvalue weighted by Gasteiger charge is -2.45. The van der Waals surface area contributed by atoms with Gasteiger partial charge in [0.2, 0.25) is 0 Å². The summed E-state index contributed by atoms with van der Waals surface area (Å²) in [5.41, 5.74) is 0.0992. The lowest BCUT2D eigenvalue weighted by molar-refractivity contribution is -0.155. The first kappa shape index (κ1) is 29.7. The Bertz CT molecular complexity index is 1350. The van der Waals surface area contributed by atoms with Gasteiger partial charge in [-0.05, 0) is 66.9 Å². The number of benzene rings is 3. The molecule has 0 spiro atoms. The van der Waals surface area contributed by atoms with E-state index in [4.69, 9.17) is 9.47 Å². The quantitative estimate of drug-likeness (QED) is 0.395. The molecule has 0 bridgehead atoms. The number of piperidine rings is 1. The number of phenols is 1. The summed E-state index contributed by atoms with van der Waals surface area (Å²) in [7, 11) is 1.49. The molecule has 7 nitrogen and oxygen atoms in total. The summed E-state index contributed by atoms with van der Waals surface area (Å²) in [5, 5.41) is 9.99. The molecule has 5 rings (SSSR count). The number of carbonyl (C=O) groups excluding carboxylic acids is 1. The van der Waals surface area contributed by atoms with Gasteiger partial charge in [0, 0.05) is 45.8 Å². The van der Waals surface area contributed by atoms with E-state index in [9.17, 15) is 23.1 Å². The number of rotatable bonds is 8. The molecule has 0 aromatic heterocycles. The van der Waals surface area contributed by atoms with E-state index in [0.29, 0.717) is 51.3 Å². The number of methoxy groups -OCH3 is 1. The highest BCUT2D eigenvalue weighted by Gasteiger charge is 2.47. The van der Waals surface area contributed by atoms with E-state index >= 15 is 0 Å². The number of aromatic hydroxyl groups is 1. The van der Waals surface area contributed by atoms with E-state index in [1.165, 1.54) is 24.8 Å². The zero-order valence-corrected chi connectivity index (χ0v) is 23.6. The number of halogens is 3. The minimum atomic E-state index is -4.46. The van der Waals surface area contributed by atoms with Crippen LogP contribution in [0.2, 0.25) is 0 Å². The number of phenolic OH excluding ortho intramolecular Hbond substituents is 1. The maximum absolute atomic E-state index is 14.2. The van der Waals surface area contributed by atoms with Crippen LogP contribution in [0, 0.1) is 0 Å². The molecule has 2 heterocycles. The van der Waals surface area contributed by atoms with Crippen molar-refractivity contribution in [2.45, 2.75) is 37.7 Å². The molecule has 1 N–H and O–H groups in total. The predicted molar refractivity (Wildman–Crippen MR) is 152 cm³/mol. The molecule has 0 saturated carbocycles.